The third-order valence-corrected chi connectivity index (χ3v) is 4.59. The summed E-state index contributed by atoms with van der Waals surface area (Å²) in [6.45, 7) is 3.47. The van der Waals surface area contributed by atoms with Gasteiger partial charge in [0.15, 0.2) is 6.10 Å². The van der Waals surface area contributed by atoms with Crippen molar-refractivity contribution >= 4 is 39.8 Å². The number of nitrogens with zero attached hydrogens (tertiary/aromatic N) is 1. The van der Waals surface area contributed by atoms with Crippen molar-refractivity contribution < 1.29 is 14.3 Å². The highest BCUT2D eigenvalue weighted by Crippen LogP contribution is 2.32. The second kappa shape index (κ2) is 7.19. The molecule has 0 saturated carbocycles. The molecule has 3 N–H and O–H groups in total. The number of benzene rings is 2. The van der Waals surface area contributed by atoms with E-state index in [0.717, 1.165) is 10.9 Å². The smallest absolute Gasteiger partial charge is 0.265 e. The first kappa shape index (κ1) is 17.8. The normalized spacial score (nSPS) is 16.5. The number of carbonyl (C=O) groups is 2. The molecule has 0 radical (unpaired) electrons. The van der Waals surface area contributed by atoms with Crippen LogP contribution >= 0.6 is 0 Å². The Balaban J connectivity index is 1.48. The second-order valence-electron chi connectivity index (χ2n) is 6.69. The van der Waals surface area contributed by atoms with Crippen LogP contribution in [0.5, 0.6) is 5.75 Å². The van der Waals surface area contributed by atoms with E-state index in [9.17, 15) is 9.59 Å². The summed E-state index contributed by atoms with van der Waals surface area (Å²) in [5.41, 5.74) is 2.82. The Morgan fingerprint density at radius 3 is 2.93 bits per heavy atom. The lowest BCUT2D eigenvalue weighted by molar-refractivity contribution is -0.122. The van der Waals surface area contributed by atoms with Gasteiger partial charge < -0.3 is 20.7 Å². The van der Waals surface area contributed by atoms with E-state index in [0.29, 0.717) is 22.8 Å². The van der Waals surface area contributed by atoms with Crippen LogP contribution in [0.2, 0.25) is 0 Å². The number of fused-ring (bicyclic) bond motifs is 2. The Kier molecular flexibility index (Phi) is 4.57. The first-order valence-electron chi connectivity index (χ1n) is 9.04. The lowest BCUT2D eigenvalue weighted by Crippen LogP contribution is -2.34. The molecule has 2 amide bonds. The van der Waals surface area contributed by atoms with Crippen molar-refractivity contribution in [3.8, 4) is 5.75 Å². The zero-order valence-electron chi connectivity index (χ0n) is 15.5. The van der Waals surface area contributed by atoms with Gasteiger partial charge in [0.25, 0.3) is 5.91 Å². The molecule has 0 aliphatic carbocycles. The van der Waals surface area contributed by atoms with Crippen LogP contribution in [0.25, 0.3) is 10.9 Å². The summed E-state index contributed by atoms with van der Waals surface area (Å²) in [5, 5.41) is 9.78. The molecule has 1 aliphatic heterocycles. The zero-order chi connectivity index (χ0) is 19.7. The van der Waals surface area contributed by atoms with E-state index >= 15 is 0 Å². The maximum Gasteiger partial charge on any atom is 0.265 e. The van der Waals surface area contributed by atoms with E-state index in [-0.39, 0.29) is 11.8 Å². The summed E-state index contributed by atoms with van der Waals surface area (Å²) in [6.07, 6.45) is 1.20. The van der Waals surface area contributed by atoms with Crippen molar-refractivity contribution in [1.82, 2.24) is 4.98 Å². The highest BCUT2D eigenvalue weighted by molar-refractivity contribution is 6.03. The van der Waals surface area contributed by atoms with Gasteiger partial charge in [-0.05, 0) is 56.3 Å². The van der Waals surface area contributed by atoms with Gasteiger partial charge in [-0.25, -0.2) is 0 Å². The molecule has 7 heteroatoms. The van der Waals surface area contributed by atoms with Crippen LogP contribution in [0, 0.1) is 0 Å². The minimum absolute atomic E-state index is 0.178. The van der Waals surface area contributed by atoms with Crippen LogP contribution < -0.4 is 20.7 Å². The van der Waals surface area contributed by atoms with Crippen molar-refractivity contribution in [3.05, 3.63) is 54.7 Å². The number of hydrogen-bond acceptors (Lipinski definition) is 5. The third kappa shape index (κ3) is 3.46. The molecule has 0 spiro atoms. The number of nitrogens with one attached hydrogen (secondary N) is 3. The minimum atomic E-state index is -0.522. The molecular weight excluding hydrogens is 356 g/mol. The molecule has 2 aromatic carbocycles. The van der Waals surface area contributed by atoms with Gasteiger partial charge >= 0.3 is 0 Å². The Labute approximate surface area is 162 Å². The van der Waals surface area contributed by atoms with Crippen LogP contribution in [-0.2, 0) is 9.59 Å². The Hall–Kier alpha value is -3.61. The number of aromatic nitrogens is 1. The van der Waals surface area contributed by atoms with Crippen LogP contribution in [0.3, 0.4) is 0 Å². The molecular formula is C21H20N4O3. The summed E-state index contributed by atoms with van der Waals surface area (Å²) in [6, 6.07) is 14.2. The van der Waals surface area contributed by atoms with Gasteiger partial charge in [-0.1, -0.05) is 6.07 Å². The predicted octanol–water partition coefficient (Wildman–Crippen LogP) is 3.39. The number of pyridine rings is 1. The summed E-state index contributed by atoms with van der Waals surface area (Å²) in [4.78, 5) is 28.7. The average Bonchev–Trinajstić information content (AvgIpc) is 2.69. The molecule has 7 nitrogen and oxygen atoms in total. The van der Waals surface area contributed by atoms with Gasteiger partial charge in [0, 0.05) is 17.3 Å². The maximum atomic E-state index is 12.7. The van der Waals surface area contributed by atoms with E-state index in [1.807, 2.05) is 36.4 Å². The van der Waals surface area contributed by atoms with Crippen LogP contribution in [0.15, 0.2) is 54.7 Å². The molecule has 0 unspecified atom stereocenters. The monoisotopic (exact) mass is 376 g/mol. The molecule has 0 fully saturated rings. The van der Waals surface area contributed by atoms with E-state index in [4.69, 9.17) is 4.74 Å². The molecule has 1 aliphatic rings. The number of ether oxygens (including phenoxy) is 1. The zero-order valence-corrected chi connectivity index (χ0v) is 15.5. The van der Waals surface area contributed by atoms with Crippen molar-refractivity contribution in [1.29, 1.82) is 0 Å². The van der Waals surface area contributed by atoms with Crippen molar-refractivity contribution in [2.75, 3.05) is 16.0 Å². The van der Waals surface area contributed by atoms with E-state index < -0.39 is 12.1 Å². The molecule has 2 atom stereocenters. The van der Waals surface area contributed by atoms with Crippen LogP contribution in [0.1, 0.15) is 13.8 Å². The van der Waals surface area contributed by atoms with Crippen molar-refractivity contribution in [2.24, 2.45) is 0 Å². The van der Waals surface area contributed by atoms with Gasteiger partial charge in [0.1, 0.15) is 11.8 Å². The van der Waals surface area contributed by atoms with Crippen LogP contribution in [-0.4, -0.2) is 28.9 Å². The highest BCUT2D eigenvalue weighted by Gasteiger charge is 2.24. The molecule has 3 aromatic rings. The lowest BCUT2D eigenvalue weighted by atomic mass is 10.1. The van der Waals surface area contributed by atoms with Crippen molar-refractivity contribution in [3.63, 3.8) is 0 Å². The third-order valence-electron chi connectivity index (χ3n) is 4.59. The number of carbonyl (C=O) groups excluding carboxylic acids is 2. The molecule has 2 heterocycles. The number of rotatable bonds is 4. The van der Waals surface area contributed by atoms with E-state index in [1.165, 1.54) is 0 Å². The molecule has 4 rings (SSSR count). The first-order chi connectivity index (χ1) is 13.5. The van der Waals surface area contributed by atoms with E-state index in [2.05, 4.69) is 20.9 Å². The quantitative estimate of drug-likeness (QED) is 0.649. The summed E-state index contributed by atoms with van der Waals surface area (Å²) < 4.78 is 5.55. The van der Waals surface area contributed by atoms with E-state index in [1.54, 1.807) is 32.2 Å². The van der Waals surface area contributed by atoms with Gasteiger partial charge in [0.2, 0.25) is 5.91 Å². The first-order valence-corrected chi connectivity index (χ1v) is 9.04. The largest absolute Gasteiger partial charge is 0.479 e. The fraction of sp³-hybridized carbons (Fsp3) is 0.190. The van der Waals surface area contributed by atoms with Crippen molar-refractivity contribution in [2.45, 2.75) is 26.0 Å². The Morgan fingerprint density at radius 2 is 2.07 bits per heavy atom. The fourth-order valence-corrected chi connectivity index (χ4v) is 3.07. The fourth-order valence-electron chi connectivity index (χ4n) is 3.07. The lowest BCUT2D eigenvalue weighted by Gasteiger charge is -2.24. The Morgan fingerprint density at radius 1 is 1.21 bits per heavy atom. The number of amides is 2. The summed E-state index contributed by atoms with van der Waals surface area (Å²) in [7, 11) is 0. The summed E-state index contributed by atoms with van der Waals surface area (Å²) >= 11 is 0. The SMILES string of the molecule is C[C@H](Nc1ccc2c(c1)NC(=O)[C@@H](C)O2)C(=O)Nc1cccc2ncccc12. The van der Waals surface area contributed by atoms with Crippen LogP contribution in [0.4, 0.5) is 17.1 Å². The second-order valence-corrected chi connectivity index (χ2v) is 6.69. The van der Waals surface area contributed by atoms with Gasteiger partial charge in [0.05, 0.1) is 16.9 Å². The van der Waals surface area contributed by atoms with Gasteiger partial charge in [-0.2, -0.15) is 0 Å². The number of anilines is 3. The minimum Gasteiger partial charge on any atom is -0.479 e. The average molecular weight is 376 g/mol. The van der Waals surface area contributed by atoms with Gasteiger partial charge in [-0.3, -0.25) is 14.6 Å². The molecule has 0 saturated heterocycles. The molecule has 142 valence electrons. The highest BCUT2D eigenvalue weighted by atomic mass is 16.5. The molecule has 0 bridgehead atoms. The standard InChI is InChI=1S/C21H20N4O3/c1-12(20(26)24-17-7-3-6-16-15(17)5-4-10-22-16)23-14-8-9-19-18(11-14)25-21(27)13(2)28-19/h3-13,23H,1-2H3,(H,24,26)(H,25,27)/t12-,13+/m0/s1. The maximum absolute atomic E-state index is 12.7. The topological polar surface area (TPSA) is 92.4 Å². The predicted molar refractivity (Wildman–Crippen MR) is 109 cm³/mol. The molecule has 1 aromatic heterocycles. The van der Waals surface area contributed by atoms with Gasteiger partial charge in [-0.15, -0.1) is 0 Å². The summed E-state index contributed by atoms with van der Waals surface area (Å²) in [5.74, 6) is 0.237. The molecule has 28 heavy (non-hydrogen) atoms. The number of hydrogen-bond donors (Lipinski definition) is 3. The Bertz CT molecular complexity index is 1060.